The molecule has 1 aromatic rings. The number of anilines is 1. The third kappa shape index (κ3) is 2.64. The van der Waals surface area contributed by atoms with Crippen LogP contribution in [-0.2, 0) is 4.79 Å². The molecule has 1 amide bonds. The van der Waals surface area contributed by atoms with E-state index in [9.17, 15) is 9.90 Å². The van der Waals surface area contributed by atoms with Crippen LogP contribution in [0, 0.1) is 0 Å². The maximum absolute atomic E-state index is 11.7. The predicted octanol–water partition coefficient (Wildman–Crippen LogP) is 1.62. The van der Waals surface area contributed by atoms with Crippen LogP contribution in [0.1, 0.15) is 6.92 Å². The number of rotatable bonds is 2. The molecule has 1 N–H and O–H groups in total. The largest absolute Gasteiger partial charge is 0.506 e. The molecule has 0 spiro atoms. The Bertz CT molecular complexity index is 449. The van der Waals surface area contributed by atoms with Gasteiger partial charge in [0.05, 0.1) is 5.69 Å². The van der Waals surface area contributed by atoms with E-state index in [1.165, 1.54) is 0 Å². The van der Waals surface area contributed by atoms with Gasteiger partial charge in [0.1, 0.15) is 5.75 Å². The minimum Gasteiger partial charge on any atom is -0.506 e. The summed E-state index contributed by atoms with van der Waals surface area (Å²) in [5, 5.41) is 9.79. The smallest absolute Gasteiger partial charge is 0.246 e. The zero-order valence-corrected chi connectivity index (χ0v) is 10.5. The fourth-order valence-corrected chi connectivity index (χ4v) is 2.15. The van der Waals surface area contributed by atoms with E-state index in [0.717, 1.165) is 18.8 Å². The van der Waals surface area contributed by atoms with Gasteiger partial charge in [0.25, 0.3) is 0 Å². The lowest BCUT2D eigenvalue weighted by atomic mass is 10.2. The number of hydrogen-bond donors (Lipinski definition) is 1. The van der Waals surface area contributed by atoms with Gasteiger partial charge in [0.15, 0.2) is 0 Å². The van der Waals surface area contributed by atoms with Gasteiger partial charge in [-0.05, 0) is 25.1 Å². The van der Waals surface area contributed by atoms with Crippen molar-refractivity contribution in [1.82, 2.24) is 4.90 Å². The van der Waals surface area contributed by atoms with Crippen LogP contribution in [0.3, 0.4) is 0 Å². The second kappa shape index (κ2) is 5.58. The summed E-state index contributed by atoms with van der Waals surface area (Å²) < 4.78 is 0. The third-order valence-electron chi connectivity index (χ3n) is 3.12. The summed E-state index contributed by atoms with van der Waals surface area (Å²) in [7, 11) is 0. The van der Waals surface area contributed by atoms with E-state index in [2.05, 4.69) is 4.90 Å². The molecule has 0 bridgehead atoms. The van der Waals surface area contributed by atoms with Crippen LogP contribution >= 0.6 is 0 Å². The molecule has 2 rings (SSSR count). The number of hydrogen-bond acceptors (Lipinski definition) is 3. The number of phenols is 1. The molecule has 1 fully saturated rings. The number of amides is 1. The quantitative estimate of drug-likeness (QED) is 0.806. The van der Waals surface area contributed by atoms with Crippen molar-refractivity contribution in [3.63, 3.8) is 0 Å². The summed E-state index contributed by atoms with van der Waals surface area (Å²) >= 11 is 0. The van der Waals surface area contributed by atoms with Crippen LogP contribution in [0.5, 0.6) is 5.75 Å². The van der Waals surface area contributed by atoms with Gasteiger partial charge in [0, 0.05) is 26.2 Å². The molecule has 1 aliphatic rings. The first-order chi connectivity index (χ1) is 8.72. The van der Waals surface area contributed by atoms with Crippen molar-refractivity contribution in [3.05, 3.63) is 36.4 Å². The highest BCUT2D eigenvalue weighted by Crippen LogP contribution is 2.27. The average molecular weight is 246 g/mol. The van der Waals surface area contributed by atoms with E-state index in [4.69, 9.17) is 0 Å². The molecule has 1 aromatic carbocycles. The molecule has 18 heavy (non-hydrogen) atoms. The summed E-state index contributed by atoms with van der Waals surface area (Å²) in [5.74, 6) is 0.361. The van der Waals surface area contributed by atoms with Crippen LogP contribution in [0.15, 0.2) is 36.4 Å². The summed E-state index contributed by atoms with van der Waals surface area (Å²) in [6.07, 6.45) is 3.35. The molecule has 0 unspecified atom stereocenters. The maximum atomic E-state index is 11.7. The summed E-state index contributed by atoms with van der Waals surface area (Å²) in [6, 6.07) is 7.31. The maximum Gasteiger partial charge on any atom is 0.246 e. The van der Waals surface area contributed by atoms with E-state index in [0.29, 0.717) is 18.8 Å². The Morgan fingerprint density at radius 2 is 1.89 bits per heavy atom. The zero-order valence-electron chi connectivity index (χ0n) is 10.5. The molecule has 1 saturated heterocycles. The zero-order chi connectivity index (χ0) is 13.0. The van der Waals surface area contributed by atoms with Gasteiger partial charge < -0.3 is 14.9 Å². The van der Waals surface area contributed by atoms with Crippen molar-refractivity contribution in [2.24, 2.45) is 0 Å². The van der Waals surface area contributed by atoms with Gasteiger partial charge in [-0.15, -0.1) is 0 Å². The number of nitrogens with zero attached hydrogens (tertiary/aromatic N) is 2. The lowest BCUT2D eigenvalue weighted by Crippen LogP contribution is -2.48. The van der Waals surface area contributed by atoms with Gasteiger partial charge in [-0.1, -0.05) is 18.2 Å². The molecule has 0 aliphatic carbocycles. The monoisotopic (exact) mass is 246 g/mol. The molecule has 0 saturated carbocycles. The standard InChI is InChI=1S/C14H18N2O2/c1-2-5-14(18)16-10-8-15(9-11-16)12-6-3-4-7-13(12)17/h2-7,17H,8-11H2,1H3. The topological polar surface area (TPSA) is 43.8 Å². The molecule has 4 nitrogen and oxygen atoms in total. The van der Waals surface area contributed by atoms with E-state index in [-0.39, 0.29) is 5.91 Å². The highest BCUT2D eigenvalue weighted by molar-refractivity contribution is 5.87. The highest BCUT2D eigenvalue weighted by Gasteiger charge is 2.20. The van der Waals surface area contributed by atoms with Crippen LogP contribution in [0.2, 0.25) is 0 Å². The lowest BCUT2D eigenvalue weighted by molar-refractivity contribution is -0.126. The van der Waals surface area contributed by atoms with Crippen LogP contribution in [0.25, 0.3) is 0 Å². The molecule has 4 heteroatoms. The Morgan fingerprint density at radius 1 is 1.22 bits per heavy atom. The molecular weight excluding hydrogens is 228 g/mol. The average Bonchev–Trinajstić information content (AvgIpc) is 2.40. The fourth-order valence-electron chi connectivity index (χ4n) is 2.15. The molecule has 1 aliphatic heterocycles. The van der Waals surface area contributed by atoms with E-state index >= 15 is 0 Å². The van der Waals surface area contributed by atoms with E-state index in [1.54, 1.807) is 18.2 Å². The van der Waals surface area contributed by atoms with Crippen molar-refractivity contribution in [1.29, 1.82) is 0 Å². The molecule has 0 atom stereocenters. The van der Waals surface area contributed by atoms with Crippen molar-refractivity contribution >= 4 is 11.6 Å². The first kappa shape index (κ1) is 12.5. The highest BCUT2D eigenvalue weighted by atomic mass is 16.3. The summed E-state index contributed by atoms with van der Waals surface area (Å²) in [5.41, 5.74) is 0.843. The van der Waals surface area contributed by atoms with E-state index in [1.807, 2.05) is 30.0 Å². The fraction of sp³-hybridized carbons (Fsp3) is 0.357. The van der Waals surface area contributed by atoms with Crippen molar-refractivity contribution in [2.75, 3.05) is 31.1 Å². The number of benzene rings is 1. The number of aromatic hydroxyl groups is 1. The predicted molar refractivity (Wildman–Crippen MR) is 71.7 cm³/mol. The Kier molecular flexibility index (Phi) is 3.87. The van der Waals surface area contributed by atoms with Gasteiger partial charge >= 0.3 is 0 Å². The first-order valence-corrected chi connectivity index (χ1v) is 6.17. The minimum atomic E-state index is 0.0643. The van der Waals surface area contributed by atoms with Crippen molar-refractivity contribution < 1.29 is 9.90 Å². The number of carbonyl (C=O) groups excluding carboxylic acids is 1. The second-order valence-corrected chi connectivity index (χ2v) is 4.30. The van der Waals surface area contributed by atoms with Gasteiger partial charge in [-0.2, -0.15) is 0 Å². The lowest BCUT2D eigenvalue weighted by Gasteiger charge is -2.35. The first-order valence-electron chi connectivity index (χ1n) is 6.17. The Hall–Kier alpha value is -1.97. The molecule has 0 aromatic heterocycles. The van der Waals surface area contributed by atoms with Crippen molar-refractivity contribution in [2.45, 2.75) is 6.92 Å². The molecule has 96 valence electrons. The van der Waals surface area contributed by atoms with E-state index < -0.39 is 0 Å². The number of para-hydroxylation sites is 2. The van der Waals surface area contributed by atoms with Crippen LogP contribution in [-0.4, -0.2) is 42.1 Å². The number of allylic oxidation sites excluding steroid dienone is 1. The normalized spacial score (nSPS) is 16.3. The van der Waals surface area contributed by atoms with Gasteiger partial charge in [-0.25, -0.2) is 0 Å². The summed E-state index contributed by atoms with van der Waals surface area (Å²) in [4.78, 5) is 15.6. The SMILES string of the molecule is CC=CC(=O)N1CCN(c2ccccc2O)CC1. The minimum absolute atomic E-state index is 0.0643. The Labute approximate surface area is 107 Å². The number of piperazine rings is 1. The van der Waals surface area contributed by atoms with Gasteiger partial charge in [0.2, 0.25) is 5.91 Å². The van der Waals surface area contributed by atoms with Crippen molar-refractivity contribution in [3.8, 4) is 5.75 Å². The van der Waals surface area contributed by atoms with Crippen LogP contribution in [0.4, 0.5) is 5.69 Å². The number of carbonyl (C=O) groups is 1. The Morgan fingerprint density at radius 3 is 2.50 bits per heavy atom. The van der Waals surface area contributed by atoms with Gasteiger partial charge in [-0.3, -0.25) is 4.79 Å². The molecular formula is C14H18N2O2. The van der Waals surface area contributed by atoms with Crippen LogP contribution < -0.4 is 4.90 Å². The Balaban J connectivity index is 1.99. The summed E-state index contributed by atoms with van der Waals surface area (Å²) in [6.45, 7) is 4.73. The second-order valence-electron chi connectivity index (χ2n) is 4.30. The molecule has 0 radical (unpaired) electrons. The molecule has 1 heterocycles. The number of phenolic OH excluding ortho intramolecular Hbond substituents is 1. The third-order valence-corrected chi connectivity index (χ3v) is 3.12.